The molecule has 0 saturated heterocycles. The summed E-state index contributed by atoms with van der Waals surface area (Å²) in [5.41, 5.74) is 4.02. The van der Waals surface area contributed by atoms with Crippen molar-refractivity contribution < 1.29 is 4.79 Å². The zero-order valence-corrected chi connectivity index (χ0v) is 16.6. The Balaban J connectivity index is 1.47. The third-order valence-electron chi connectivity index (χ3n) is 5.06. The number of carbonyl (C=O) groups excluding carboxylic acids is 1. The van der Waals surface area contributed by atoms with Crippen LogP contribution in [-0.2, 0) is 17.3 Å². The summed E-state index contributed by atoms with van der Waals surface area (Å²) in [6.07, 6.45) is 5.54. The van der Waals surface area contributed by atoms with Crippen molar-refractivity contribution in [2.24, 2.45) is 7.05 Å². The van der Waals surface area contributed by atoms with Gasteiger partial charge in [-0.15, -0.1) is 0 Å². The Kier molecular flexibility index (Phi) is 4.56. The van der Waals surface area contributed by atoms with Gasteiger partial charge in [0, 0.05) is 30.0 Å². The van der Waals surface area contributed by atoms with Gasteiger partial charge in [-0.2, -0.15) is 0 Å². The molecule has 5 heteroatoms. The van der Waals surface area contributed by atoms with Crippen molar-refractivity contribution in [3.8, 4) is 0 Å². The van der Waals surface area contributed by atoms with E-state index in [0.717, 1.165) is 34.1 Å². The molecule has 0 atom stereocenters. The van der Waals surface area contributed by atoms with E-state index in [2.05, 4.69) is 42.3 Å². The highest BCUT2D eigenvalue weighted by Crippen LogP contribution is 2.49. The second kappa shape index (κ2) is 6.89. The number of imidazole rings is 1. The van der Waals surface area contributed by atoms with Gasteiger partial charge in [0.2, 0.25) is 5.91 Å². The number of benzene rings is 2. The third-order valence-corrected chi connectivity index (χ3v) is 6.14. The first-order valence-electron chi connectivity index (χ1n) is 9.12. The minimum atomic E-state index is -0.364. The highest BCUT2D eigenvalue weighted by Gasteiger charge is 2.51. The molecule has 0 radical (unpaired) electrons. The van der Waals surface area contributed by atoms with E-state index >= 15 is 0 Å². The largest absolute Gasteiger partial charge is 0.329 e. The Hall–Kier alpha value is -2.53. The molecule has 1 N–H and O–H groups in total. The normalized spacial score (nSPS) is 14.8. The molecule has 1 amide bonds. The number of carbonyl (C=O) groups is 1. The van der Waals surface area contributed by atoms with Gasteiger partial charge < -0.3 is 9.88 Å². The van der Waals surface area contributed by atoms with Gasteiger partial charge in [-0.3, -0.25) is 4.79 Å². The third kappa shape index (κ3) is 3.65. The van der Waals surface area contributed by atoms with Crippen molar-refractivity contribution in [3.63, 3.8) is 0 Å². The molecule has 27 heavy (non-hydrogen) atoms. The van der Waals surface area contributed by atoms with Crippen LogP contribution in [-0.4, -0.2) is 15.5 Å². The summed E-state index contributed by atoms with van der Waals surface area (Å²) in [4.78, 5) is 18.4. The molecule has 1 aliphatic rings. The van der Waals surface area contributed by atoms with Crippen LogP contribution in [0.3, 0.4) is 0 Å². The van der Waals surface area contributed by atoms with E-state index in [1.165, 1.54) is 11.1 Å². The molecule has 0 aliphatic heterocycles. The predicted octanol–water partition coefficient (Wildman–Crippen LogP) is 4.86. The van der Waals surface area contributed by atoms with Crippen LogP contribution in [0.4, 0.5) is 5.69 Å². The van der Waals surface area contributed by atoms with Crippen molar-refractivity contribution in [1.29, 1.82) is 0 Å². The average Bonchev–Trinajstić information content (AvgIpc) is 3.35. The fourth-order valence-corrected chi connectivity index (χ4v) is 4.24. The minimum absolute atomic E-state index is 0.0944. The van der Waals surface area contributed by atoms with Crippen molar-refractivity contribution in [2.75, 3.05) is 5.32 Å². The summed E-state index contributed by atoms with van der Waals surface area (Å²) < 4.78 is 1.99. The molecule has 138 valence electrons. The summed E-state index contributed by atoms with van der Waals surface area (Å²) in [6, 6.07) is 14.4. The first-order valence-corrected chi connectivity index (χ1v) is 9.93. The number of hydrogen-bond acceptors (Lipinski definition) is 3. The molecule has 1 saturated carbocycles. The van der Waals surface area contributed by atoms with E-state index in [1.807, 2.05) is 42.1 Å². The summed E-state index contributed by atoms with van der Waals surface area (Å²) in [6.45, 7) is 4.17. The van der Waals surface area contributed by atoms with Crippen molar-refractivity contribution in [1.82, 2.24) is 9.55 Å². The SMILES string of the molecule is Cc1cc(C)cc(C2(C(=O)Nc3ccc(Sc4nccn4C)cc3)CC2)c1. The molecule has 3 aromatic rings. The van der Waals surface area contributed by atoms with Gasteiger partial charge in [0.05, 0.1) is 5.41 Å². The van der Waals surface area contributed by atoms with Crippen molar-refractivity contribution >= 4 is 23.4 Å². The Bertz CT molecular complexity index is 967. The van der Waals surface area contributed by atoms with Crippen LogP contribution in [0, 0.1) is 13.8 Å². The molecule has 1 heterocycles. The van der Waals surface area contributed by atoms with Crippen LogP contribution >= 0.6 is 11.8 Å². The van der Waals surface area contributed by atoms with Gasteiger partial charge in [0.25, 0.3) is 0 Å². The molecule has 0 unspecified atom stereocenters. The molecular weight excluding hydrogens is 354 g/mol. The lowest BCUT2D eigenvalue weighted by Gasteiger charge is -2.17. The number of nitrogens with zero attached hydrogens (tertiary/aromatic N) is 2. The van der Waals surface area contributed by atoms with Gasteiger partial charge in [-0.1, -0.05) is 41.1 Å². The highest BCUT2D eigenvalue weighted by molar-refractivity contribution is 7.99. The smallest absolute Gasteiger partial charge is 0.235 e. The van der Waals surface area contributed by atoms with Gasteiger partial charge >= 0.3 is 0 Å². The summed E-state index contributed by atoms with van der Waals surface area (Å²) in [5.74, 6) is 0.0944. The fourth-order valence-electron chi connectivity index (χ4n) is 3.44. The summed E-state index contributed by atoms with van der Waals surface area (Å²) >= 11 is 1.61. The summed E-state index contributed by atoms with van der Waals surface area (Å²) in [7, 11) is 1.98. The van der Waals surface area contributed by atoms with Crippen molar-refractivity contribution in [2.45, 2.75) is 42.2 Å². The van der Waals surface area contributed by atoms with Gasteiger partial charge in [-0.05, 0) is 56.5 Å². The second-order valence-corrected chi connectivity index (χ2v) is 8.40. The first kappa shape index (κ1) is 17.9. The lowest BCUT2D eigenvalue weighted by atomic mass is 9.92. The van der Waals surface area contributed by atoms with E-state index in [9.17, 15) is 4.79 Å². The Morgan fingerprint density at radius 2 is 1.78 bits per heavy atom. The number of anilines is 1. The average molecular weight is 378 g/mol. The maximum Gasteiger partial charge on any atom is 0.235 e. The van der Waals surface area contributed by atoms with Crippen LogP contribution in [0.5, 0.6) is 0 Å². The number of amides is 1. The maximum absolute atomic E-state index is 13.0. The predicted molar refractivity (Wildman–Crippen MR) is 109 cm³/mol. The molecule has 4 rings (SSSR count). The number of aryl methyl sites for hydroxylation is 3. The molecule has 1 aromatic heterocycles. The molecular formula is C22H23N3OS. The van der Waals surface area contributed by atoms with Gasteiger partial charge in [0.1, 0.15) is 0 Å². The molecule has 0 spiro atoms. The lowest BCUT2D eigenvalue weighted by molar-refractivity contribution is -0.118. The zero-order chi connectivity index (χ0) is 19.0. The van der Waals surface area contributed by atoms with Crippen LogP contribution in [0.2, 0.25) is 0 Å². The number of aromatic nitrogens is 2. The number of nitrogens with one attached hydrogen (secondary N) is 1. The first-order chi connectivity index (χ1) is 13.0. The summed E-state index contributed by atoms with van der Waals surface area (Å²) in [5, 5.41) is 4.05. The fraction of sp³-hybridized carbons (Fsp3) is 0.273. The van der Waals surface area contributed by atoms with E-state index in [4.69, 9.17) is 0 Å². The molecule has 2 aromatic carbocycles. The number of hydrogen-bond donors (Lipinski definition) is 1. The van der Waals surface area contributed by atoms with E-state index < -0.39 is 0 Å². The monoisotopic (exact) mass is 377 g/mol. The Labute approximate surface area is 164 Å². The van der Waals surface area contributed by atoms with Crippen LogP contribution in [0.25, 0.3) is 0 Å². The standard InChI is InChI=1S/C22H23N3OS/c1-15-12-16(2)14-17(13-15)22(8-9-22)20(26)24-18-4-6-19(7-5-18)27-21-23-10-11-25(21)3/h4-7,10-14H,8-9H2,1-3H3,(H,24,26). The second-order valence-electron chi connectivity index (χ2n) is 7.36. The number of rotatable bonds is 5. The Morgan fingerprint density at radius 1 is 1.11 bits per heavy atom. The quantitative estimate of drug-likeness (QED) is 0.691. The van der Waals surface area contributed by atoms with Crippen molar-refractivity contribution in [3.05, 3.63) is 71.5 Å². The minimum Gasteiger partial charge on any atom is -0.329 e. The zero-order valence-electron chi connectivity index (χ0n) is 15.8. The van der Waals surface area contributed by atoms with E-state index in [0.29, 0.717) is 0 Å². The topological polar surface area (TPSA) is 46.9 Å². The molecule has 0 bridgehead atoms. The molecule has 1 aliphatic carbocycles. The highest BCUT2D eigenvalue weighted by atomic mass is 32.2. The van der Waals surface area contributed by atoms with Gasteiger partial charge in [0.15, 0.2) is 5.16 Å². The van der Waals surface area contributed by atoms with Gasteiger partial charge in [-0.25, -0.2) is 4.98 Å². The Morgan fingerprint density at radius 3 is 2.33 bits per heavy atom. The molecule has 4 nitrogen and oxygen atoms in total. The van der Waals surface area contributed by atoms with Crippen LogP contribution in [0.1, 0.15) is 29.5 Å². The van der Waals surface area contributed by atoms with E-state index in [1.54, 1.807) is 18.0 Å². The van der Waals surface area contributed by atoms with Crippen LogP contribution in [0.15, 0.2) is 64.9 Å². The molecule has 1 fully saturated rings. The van der Waals surface area contributed by atoms with Crippen LogP contribution < -0.4 is 5.32 Å². The maximum atomic E-state index is 13.0. The lowest BCUT2D eigenvalue weighted by Crippen LogP contribution is -2.28. The van der Waals surface area contributed by atoms with E-state index in [-0.39, 0.29) is 11.3 Å².